The molecule has 0 radical (unpaired) electrons. The van der Waals surface area contributed by atoms with Crippen molar-refractivity contribution >= 4 is 22.8 Å². The summed E-state index contributed by atoms with van der Waals surface area (Å²) in [5, 5.41) is 0. The smallest absolute Gasteiger partial charge is 0.0636 e. The maximum absolute atomic E-state index is 5.37. The minimum Gasteiger partial charge on any atom is -0.252 e. The largest absolute Gasteiger partial charge is 0.252 e. The van der Waals surface area contributed by atoms with Crippen LogP contribution < -0.4 is 0 Å². The van der Waals surface area contributed by atoms with Gasteiger partial charge in [-0.3, -0.25) is 9.98 Å². The van der Waals surface area contributed by atoms with Gasteiger partial charge in [-0.05, 0) is 97.9 Å². The normalized spacial score (nSPS) is 12.0. The van der Waals surface area contributed by atoms with Crippen molar-refractivity contribution in [3.8, 4) is 0 Å². The van der Waals surface area contributed by atoms with Crippen molar-refractivity contribution in [3.05, 3.63) is 58.7 Å². The molecule has 0 aromatic heterocycles. The van der Waals surface area contributed by atoms with Crippen molar-refractivity contribution in [2.75, 3.05) is 0 Å². The van der Waals surface area contributed by atoms with Crippen LogP contribution in [0, 0.1) is 0 Å². The first-order valence-corrected chi connectivity index (χ1v) is 22.0. The number of nitrogens with zero attached hydrogens (tertiary/aromatic N) is 2. The second-order valence-electron chi connectivity index (χ2n) is 15.0. The maximum atomic E-state index is 5.37. The molecule has 0 bridgehead atoms. The van der Waals surface area contributed by atoms with Gasteiger partial charge in [0.05, 0.1) is 22.8 Å². The van der Waals surface area contributed by atoms with Gasteiger partial charge in [-0.2, -0.15) is 0 Å². The molecule has 0 aliphatic rings. The molecule has 0 amide bonds. The zero-order chi connectivity index (χ0) is 36.1. The minimum atomic E-state index is 0. The van der Waals surface area contributed by atoms with Crippen LogP contribution in [0.5, 0.6) is 0 Å². The van der Waals surface area contributed by atoms with E-state index >= 15 is 0 Å². The number of benzene rings is 2. The molecule has 3 heteroatoms. The van der Waals surface area contributed by atoms with E-state index in [0.29, 0.717) is 0 Å². The molecule has 0 saturated heterocycles. The molecule has 2 rings (SSSR count). The first-order chi connectivity index (χ1) is 24.6. The summed E-state index contributed by atoms with van der Waals surface area (Å²) < 4.78 is 0. The van der Waals surface area contributed by atoms with Crippen molar-refractivity contribution in [2.24, 2.45) is 9.98 Å². The predicted octanol–water partition coefficient (Wildman–Crippen LogP) is 16.2. The van der Waals surface area contributed by atoms with Crippen molar-refractivity contribution < 1.29 is 16.5 Å². The fourth-order valence-electron chi connectivity index (χ4n) is 7.44. The predicted molar refractivity (Wildman–Crippen MR) is 227 cm³/mol. The second-order valence-corrected chi connectivity index (χ2v) is 15.0. The molecule has 0 unspecified atom stereocenters. The summed E-state index contributed by atoms with van der Waals surface area (Å²) in [4.78, 5) is 10.7. The van der Waals surface area contributed by atoms with Gasteiger partial charge in [0.2, 0.25) is 0 Å². The van der Waals surface area contributed by atoms with Gasteiger partial charge in [-0.15, -0.1) is 0 Å². The molecule has 0 atom stereocenters. The van der Waals surface area contributed by atoms with E-state index in [1.165, 1.54) is 169 Å². The average molecular weight is 744 g/mol. The van der Waals surface area contributed by atoms with Crippen LogP contribution in [0.2, 0.25) is 0 Å². The Morgan fingerprint density at radius 3 is 0.961 bits per heavy atom. The third kappa shape index (κ3) is 20.9. The van der Waals surface area contributed by atoms with Crippen LogP contribution in [0.25, 0.3) is 0 Å². The molecular weight excluding hydrogens is 663 g/mol. The van der Waals surface area contributed by atoms with Crippen LogP contribution in [-0.4, -0.2) is 11.4 Å². The first kappa shape index (κ1) is 47.3. The average Bonchev–Trinajstić information content (AvgIpc) is 3.14. The van der Waals surface area contributed by atoms with E-state index in [1.807, 2.05) is 0 Å². The Hall–Kier alpha value is -1.73. The zero-order valence-corrected chi connectivity index (χ0v) is 35.5. The molecule has 0 heterocycles. The Labute approximate surface area is 327 Å². The maximum Gasteiger partial charge on any atom is 0.0636 e. The summed E-state index contributed by atoms with van der Waals surface area (Å²) in [5.74, 6) is 0. The number of rotatable bonds is 31. The Bertz CT molecular complexity index is 1200. The van der Waals surface area contributed by atoms with E-state index in [0.717, 1.165) is 56.3 Å². The Balaban J connectivity index is 0.0000130. The fourth-order valence-corrected chi connectivity index (χ4v) is 7.44. The summed E-state index contributed by atoms with van der Waals surface area (Å²) in [6.07, 6.45) is 36.9. The Morgan fingerprint density at radius 1 is 0.353 bits per heavy atom. The molecule has 2 aromatic carbocycles. The van der Waals surface area contributed by atoms with Crippen LogP contribution in [0.1, 0.15) is 218 Å². The van der Waals surface area contributed by atoms with E-state index in [2.05, 4.69) is 77.9 Å². The molecule has 51 heavy (non-hydrogen) atoms. The van der Waals surface area contributed by atoms with Gasteiger partial charge in [-0.25, -0.2) is 0 Å². The van der Waals surface area contributed by atoms with Crippen LogP contribution in [0.15, 0.2) is 46.4 Å². The summed E-state index contributed by atoms with van der Waals surface area (Å²) in [5.41, 5.74) is 10.4. The molecule has 2 aromatic rings. The first-order valence-electron chi connectivity index (χ1n) is 22.0. The van der Waals surface area contributed by atoms with Crippen LogP contribution in [0.3, 0.4) is 0 Å². The van der Waals surface area contributed by atoms with Gasteiger partial charge in [0, 0.05) is 16.5 Å². The SMILES string of the molecule is CCCCCCCCCCCCCCCCCCCCCCC(=Nc1ccc(CC)c(CC)c1)C(CCCC)=Nc1ccc(CC)c(CC)c1.[Ni]. The van der Waals surface area contributed by atoms with E-state index in [9.17, 15) is 0 Å². The molecule has 0 aliphatic heterocycles. The van der Waals surface area contributed by atoms with Gasteiger partial charge in [0.1, 0.15) is 0 Å². The molecule has 0 fully saturated rings. The van der Waals surface area contributed by atoms with Gasteiger partial charge in [0.25, 0.3) is 0 Å². The summed E-state index contributed by atoms with van der Waals surface area (Å²) in [7, 11) is 0. The summed E-state index contributed by atoms with van der Waals surface area (Å²) in [6, 6.07) is 13.7. The molecule has 0 saturated carbocycles. The van der Waals surface area contributed by atoms with Crippen molar-refractivity contribution in [3.63, 3.8) is 0 Å². The minimum absolute atomic E-state index is 0. The van der Waals surface area contributed by atoms with E-state index < -0.39 is 0 Å². The molecule has 0 aliphatic carbocycles. The summed E-state index contributed by atoms with van der Waals surface area (Å²) in [6.45, 7) is 13.6. The molecule has 292 valence electrons. The number of aryl methyl sites for hydroxylation is 4. The third-order valence-corrected chi connectivity index (χ3v) is 10.8. The number of hydrogen-bond acceptors (Lipinski definition) is 2. The zero-order valence-electron chi connectivity index (χ0n) is 34.5. The van der Waals surface area contributed by atoms with Gasteiger partial charge in [0.15, 0.2) is 0 Å². The monoisotopic (exact) mass is 743 g/mol. The standard InChI is InChI=1S/C48H80N2.Ni/c1-7-13-15-16-17-18-19-20-21-22-23-24-25-26-27-28-29-30-31-32-34-48(50-46-38-36-42(10-4)44(12-6)40-46)47(33-14-8-2)49-45-37-35-41(9-3)43(11-5)39-45;/h35-40H,7-34H2,1-6H3;. The quantitative estimate of drug-likeness (QED) is 0.0417. The van der Waals surface area contributed by atoms with Gasteiger partial charge < -0.3 is 0 Å². The van der Waals surface area contributed by atoms with Crippen LogP contribution in [-0.2, 0) is 42.2 Å². The number of hydrogen-bond donors (Lipinski definition) is 0. The van der Waals surface area contributed by atoms with E-state index in [-0.39, 0.29) is 16.5 Å². The van der Waals surface area contributed by atoms with Crippen LogP contribution >= 0.6 is 0 Å². The van der Waals surface area contributed by atoms with Gasteiger partial charge >= 0.3 is 0 Å². The third-order valence-electron chi connectivity index (χ3n) is 10.8. The van der Waals surface area contributed by atoms with E-state index in [1.54, 1.807) is 0 Å². The molecule has 0 N–H and O–H groups in total. The topological polar surface area (TPSA) is 24.7 Å². The van der Waals surface area contributed by atoms with E-state index in [4.69, 9.17) is 9.98 Å². The molecule has 0 spiro atoms. The van der Waals surface area contributed by atoms with Crippen molar-refractivity contribution in [1.29, 1.82) is 0 Å². The Kier molecular flexibility index (Phi) is 29.5. The van der Waals surface area contributed by atoms with Gasteiger partial charge in [-0.1, -0.05) is 182 Å². The molecular formula is C48H80N2Ni. The number of aliphatic imine (C=N–C) groups is 2. The number of unbranched alkanes of at least 4 members (excludes halogenated alkanes) is 20. The van der Waals surface area contributed by atoms with Crippen molar-refractivity contribution in [2.45, 2.75) is 221 Å². The second kappa shape index (κ2) is 31.8. The Morgan fingerprint density at radius 2 is 0.647 bits per heavy atom. The molecule has 2 nitrogen and oxygen atoms in total. The fraction of sp³-hybridized carbons (Fsp3) is 0.708. The van der Waals surface area contributed by atoms with Crippen LogP contribution in [0.4, 0.5) is 11.4 Å². The summed E-state index contributed by atoms with van der Waals surface area (Å²) >= 11 is 0. The van der Waals surface area contributed by atoms with Crippen molar-refractivity contribution in [1.82, 2.24) is 0 Å².